The summed E-state index contributed by atoms with van der Waals surface area (Å²) in [6.45, 7) is 2.71. The minimum absolute atomic E-state index is 0.140. The molecule has 0 radical (unpaired) electrons. The number of hydrogen-bond donors (Lipinski definition) is 1. The quantitative estimate of drug-likeness (QED) is 0.697. The van der Waals surface area contributed by atoms with Gasteiger partial charge in [-0.05, 0) is 12.1 Å². The Morgan fingerprint density at radius 1 is 1.36 bits per heavy atom. The topological polar surface area (TPSA) is 103 Å². The van der Waals surface area contributed by atoms with Gasteiger partial charge in [0.05, 0.1) is 24.4 Å². The van der Waals surface area contributed by atoms with Crippen LogP contribution in [0.25, 0.3) is 22.3 Å². The fraction of sp³-hybridized carbons (Fsp3) is 0.368. The highest BCUT2D eigenvalue weighted by molar-refractivity contribution is 5.93. The lowest BCUT2D eigenvalue weighted by molar-refractivity contribution is 0.102. The molecule has 1 N–H and O–H groups in total. The SMILES string of the molecule is Cn1cc(-c2cc3c(N4CCN(C(=O)OCCC#N)CC4)ccnc3[nH]2)cn1. The van der Waals surface area contributed by atoms with Crippen molar-refractivity contribution in [3.8, 4) is 17.3 Å². The molecule has 1 aliphatic heterocycles. The summed E-state index contributed by atoms with van der Waals surface area (Å²) in [5, 5.41) is 13.8. The Labute approximate surface area is 162 Å². The predicted octanol–water partition coefficient (Wildman–Crippen LogP) is 2.14. The molecule has 0 aromatic carbocycles. The molecule has 3 aromatic rings. The Morgan fingerprint density at radius 2 is 2.18 bits per heavy atom. The number of nitriles is 1. The van der Waals surface area contributed by atoms with Crippen LogP contribution in [0, 0.1) is 11.3 Å². The van der Waals surface area contributed by atoms with E-state index in [1.54, 1.807) is 15.8 Å². The van der Waals surface area contributed by atoms with Gasteiger partial charge in [0, 0.05) is 62.3 Å². The van der Waals surface area contributed by atoms with Crippen molar-refractivity contribution in [2.24, 2.45) is 7.05 Å². The van der Waals surface area contributed by atoms with Gasteiger partial charge in [0.1, 0.15) is 12.3 Å². The second-order valence-electron chi connectivity index (χ2n) is 6.67. The fourth-order valence-electron chi connectivity index (χ4n) is 3.41. The van der Waals surface area contributed by atoms with Crippen LogP contribution >= 0.6 is 0 Å². The number of pyridine rings is 1. The summed E-state index contributed by atoms with van der Waals surface area (Å²) in [7, 11) is 1.89. The number of H-pyrrole nitrogens is 1. The van der Waals surface area contributed by atoms with Crippen molar-refractivity contribution in [1.82, 2.24) is 24.6 Å². The predicted molar refractivity (Wildman–Crippen MR) is 104 cm³/mol. The third kappa shape index (κ3) is 3.49. The van der Waals surface area contributed by atoms with Gasteiger partial charge in [-0.1, -0.05) is 0 Å². The smallest absolute Gasteiger partial charge is 0.409 e. The highest BCUT2D eigenvalue weighted by atomic mass is 16.6. The van der Waals surface area contributed by atoms with Crippen LogP contribution in [0.5, 0.6) is 0 Å². The normalized spacial score (nSPS) is 14.3. The number of fused-ring (bicyclic) bond motifs is 1. The maximum absolute atomic E-state index is 12.0. The highest BCUT2D eigenvalue weighted by Crippen LogP contribution is 2.30. The zero-order valence-corrected chi connectivity index (χ0v) is 15.6. The molecule has 0 unspecified atom stereocenters. The van der Waals surface area contributed by atoms with Gasteiger partial charge in [0.15, 0.2) is 0 Å². The number of piperazine rings is 1. The van der Waals surface area contributed by atoms with E-state index in [0.29, 0.717) is 26.2 Å². The first kappa shape index (κ1) is 17.9. The van der Waals surface area contributed by atoms with Crippen LogP contribution in [0.1, 0.15) is 6.42 Å². The average molecular weight is 379 g/mol. The van der Waals surface area contributed by atoms with Gasteiger partial charge >= 0.3 is 6.09 Å². The van der Waals surface area contributed by atoms with E-state index < -0.39 is 0 Å². The van der Waals surface area contributed by atoms with E-state index in [2.05, 4.69) is 26.0 Å². The van der Waals surface area contributed by atoms with Gasteiger partial charge in [0.25, 0.3) is 0 Å². The second kappa shape index (κ2) is 7.60. The van der Waals surface area contributed by atoms with Crippen LogP contribution < -0.4 is 4.90 Å². The van der Waals surface area contributed by atoms with Crippen LogP contribution in [0.4, 0.5) is 10.5 Å². The zero-order valence-electron chi connectivity index (χ0n) is 15.6. The number of aryl methyl sites for hydroxylation is 1. The molecule has 0 atom stereocenters. The van der Waals surface area contributed by atoms with Crippen molar-refractivity contribution in [1.29, 1.82) is 5.26 Å². The van der Waals surface area contributed by atoms with Gasteiger partial charge in [-0.3, -0.25) is 4.68 Å². The lowest BCUT2D eigenvalue weighted by Gasteiger charge is -2.35. The van der Waals surface area contributed by atoms with Crippen LogP contribution in [-0.2, 0) is 11.8 Å². The third-order valence-corrected chi connectivity index (χ3v) is 4.84. The molecule has 0 saturated carbocycles. The number of carbonyl (C=O) groups excluding carboxylic acids is 1. The molecule has 4 rings (SSSR count). The Bertz CT molecular complexity index is 1020. The van der Waals surface area contributed by atoms with Crippen molar-refractivity contribution in [2.45, 2.75) is 6.42 Å². The van der Waals surface area contributed by atoms with E-state index in [-0.39, 0.29) is 19.1 Å². The number of aromatic amines is 1. The molecule has 9 nitrogen and oxygen atoms in total. The van der Waals surface area contributed by atoms with E-state index in [1.165, 1.54) is 0 Å². The van der Waals surface area contributed by atoms with Crippen molar-refractivity contribution in [3.05, 3.63) is 30.7 Å². The number of nitrogens with one attached hydrogen (secondary N) is 1. The van der Waals surface area contributed by atoms with Crippen LogP contribution in [0.2, 0.25) is 0 Å². The van der Waals surface area contributed by atoms with Gasteiger partial charge < -0.3 is 19.5 Å². The Hall–Kier alpha value is -3.54. The van der Waals surface area contributed by atoms with Gasteiger partial charge in [-0.2, -0.15) is 10.4 Å². The van der Waals surface area contributed by atoms with E-state index in [1.807, 2.05) is 31.6 Å². The maximum atomic E-state index is 12.0. The lowest BCUT2D eigenvalue weighted by Crippen LogP contribution is -2.49. The molecule has 1 fully saturated rings. The van der Waals surface area contributed by atoms with Crippen molar-refractivity contribution in [2.75, 3.05) is 37.7 Å². The highest BCUT2D eigenvalue weighted by Gasteiger charge is 2.23. The summed E-state index contributed by atoms with van der Waals surface area (Å²) >= 11 is 0. The summed E-state index contributed by atoms with van der Waals surface area (Å²) in [4.78, 5) is 23.8. The molecule has 144 valence electrons. The van der Waals surface area contributed by atoms with Crippen molar-refractivity contribution >= 4 is 22.8 Å². The van der Waals surface area contributed by atoms with E-state index in [9.17, 15) is 4.79 Å². The first-order valence-corrected chi connectivity index (χ1v) is 9.16. The monoisotopic (exact) mass is 379 g/mol. The van der Waals surface area contributed by atoms with Crippen molar-refractivity contribution in [3.63, 3.8) is 0 Å². The maximum Gasteiger partial charge on any atom is 0.409 e. The summed E-state index contributed by atoms with van der Waals surface area (Å²) < 4.78 is 6.88. The zero-order chi connectivity index (χ0) is 19.5. The van der Waals surface area contributed by atoms with Crippen molar-refractivity contribution < 1.29 is 9.53 Å². The number of hydrogen-bond acceptors (Lipinski definition) is 6. The minimum Gasteiger partial charge on any atom is -0.448 e. The molecule has 3 aromatic heterocycles. The van der Waals surface area contributed by atoms with E-state index in [4.69, 9.17) is 10.00 Å². The number of ether oxygens (including phenoxy) is 1. The summed E-state index contributed by atoms with van der Waals surface area (Å²) in [5.74, 6) is 0. The van der Waals surface area contributed by atoms with Crippen LogP contribution in [0.3, 0.4) is 0 Å². The molecule has 1 saturated heterocycles. The second-order valence-corrected chi connectivity index (χ2v) is 6.67. The molecule has 4 heterocycles. The average Bonchev–Trinajstić information content (AvgIpc) is 3.34. The van der Waals surface area contributed by atoms with Gasteiger partial charge in [-0.15, -0.1) is 0 Å². The summed E-state index contributed by atoms with van der Waals surface area (Å²) in [6, 6.07) is 6.07. The molecule has 0 bridgehead atoms. The minimum atomic E-state index is -0.352. The number of nitrogens with zero attached hydrogens (tertiary/aromatic N) is 6. The Morgan fingerprint density at radius 3 is 2.89 bits per heavy atom. The number of carbonyl (C=O) groups is 1. The van der Waals surface area contributed by atoms with E-state index >= 15 is 0 Å². The van der Waals surface area contributed by atoms with Gasteiger partial charge in [0.2, 0.25) is 0 Å². The molecular formula is C19H21N7O2. The molecule has 28 heavy (non-hydrogen) atoms. The third-order valence-electron chi connectivity index (χ3n) is 4.84. The largest absolute Gasteiger partial charge is 0.448 e. The molecule has 9 heteroatoms. The molecule has 0 spiro atoms. The van der Waals surface area contributed by atoms with Crippen LogP contribution in [0.15, 0.2) is 30.7 Å². The lowest BCUT2D eigenvalue weighted by atomic mass is 10.2. The van der Waals surface area contributed by atoms with Crippen LogP contribution in [-0.4, -0.2) is 63.5 Å². The molecule has 0 aliphatic carbocycles. The molecular weight excluding hydrogens is 358 g/mol. The number of rotatable bonds is 4. The number of aromatic nitrogens is 4. The number of amides is 1. The Balaban J connectivity index is 1.49. The first-order chi connectivity index (χ1) is 13.7. The standard InChI is InChI=1S/C19H21N7O2/c1-24-13-14(12-22-24)16-11-15-17(3-5-21-18(15)23-16)25-6-8-26(9-7-25)19(27)28-10-2-4-20/h3,5,11-13H,2,6-10H2,1H3,(H,21,23). The van der Waals surface area contributed by atoms with Gasteiger partial charge in [-0.25, -0.2) is 9.78 Å². The first-order valence-electron chi connectivity index (χ1n) is 9.16. The summed E-state index contributed by atoms with van der Waals surface area (Å²) in [5.41, 5.74) is 3.91. The summed E-state index contributed by atoms with van der Waals surface area (Å²) in [6.07, 6.45) is 5.44. The Kier molecular flexibility index (Phi) is 4.85. The number of anilines is 1. The fourth-order valence-corrected chi connectivity index (χ4v) is 3.41. The molecule has 1 aliphatic rings. The molecule has 1 amide bonds. The van der Waals surface area contributed by atoms with E-state index in [0.717, 1.165) is 28.0 Å².